The minimum absolute atomic E-state index is 0.00649. The number of hydrogen-bond donors (Lipinski definition) is 2. The van der Waals surface area contributed by atoms with Crippen LogP contribution in [0.5, 0.6) is 0 Å². The van der Waals surface area contributed by atoms with Crippen LogP contribution in [0.1, 0.15) is 6.92 Å². The molecule has 72 valence electrons. The van der Waals surface area contributed by atoms with Crippen molar-refractivity contribution >= 4 is 33.3 Å². The Balaban J connectivity index is 2.77. The highest BCUT2D eigenvalue weighted by atomic mass is 79.9. The molecule has 1 atom stereocenters. The summed E-state index contributed by atoms with van der Waals surface area (Å²) in [5, 5.41) is 2.94. The standard InChI is InChI=1S/C7H9BrClN3O/c1-4(9)2-10-6-5(8)7(13)12-3-11-6/h3-4H,2H2,1H3,(H2,10,11,12,13). The average molecular weight is 267 g/mol. The Kier molecular flexibility index (Phi) is 3.74. The second-order valence-corrected chi connectivity index (χ2v) is 4.09. The molecule has 2 N–H and O–H groups in total. The van der Waals surface area contributed by atoms with Gasteiger partial charge in [0.2, 0.25) is 0 Å². The molecule has 0 aliphatic rings. The molecule has 0 saturated carbocycles. The quantitative estimate of drug-likeness (QED) is 0.817. The fourth-order valence-corrected chi connectivity index (χ4v) is 1.18. The molecule has 13 heavy (non-hydrogen) atoms. The van der Waals surface area contributed by atoms with Crippen molar-refractivity contribution in [2.24, 2.45) is 0 Å². The zero-order valence-electron chi connectivity index (χ0n) is 6.97. The summed E-state index contributed by atoms with van der Waals surface area (Å²) in [7, 11) is 0. The van der Waals surface area contributed by atoms with Gasteiger partial charge in [0, 0.05) is 11.9 Å². The summed E-state index contributed by atoms with van der Waals surface area (Å²) in [4.78, 5) is 17.4. The van der Waals surface area contributed by atoms with E-state index < -0.39 is 0 Å². The highest BCUT2D eigenvalue weighted by Crippen LogP contribution is 2.13. The minimum atomic E-state index is -0.209. The summed E-state index contributed by atoms with van der Waals surface area (Å²) >= 11 is 8.85. The molecule has 0 saturated heterocycles. The van der Waals surface area contributed by atoms with Crippen molar-refractivity contribution in [3.8, 4) is 0 Å². The van der Waals surface area contributed by atoms with E-state index in [-0.39, 0.29) is 10.9 Å². The van der Waals surface area contributed by atoms with E-state index in [1.54, 1.807) is 0 Å². The van der Waals surface area contributed by atoms with Crippen LogP contribution in [-0.2, 0) is 0 Å². The normalized spacial score (nSPS) is 12.5. The number of aromatic nitrogens is 2. The Bertz CT molecular complexity index is 339. The summed E-state index contributed by atoms with van der Waals surface area (Å²) in [5.41, 5.74) is -0.209. The van der Waals surface area contributed by atoms with E-state index in [1.165, 1.54) is 6.33 Å². The number of H-pyrrole nitrogens is 1. The second-order valence-electron chi connectivity index (χ2n) is 2.56. The van der Waals surface area contributed by atoms with E-state index in [1.807, 2.05) is 6.92 Å². The van der Waals surface area contributed by atoms with Gasteiger partial charge in [0.05, 0.1) is 6.33 Å². The van der Waals surface area contributed by atoms with Gasteiger partial charge in [-0.15, -0.1) is 11.6 Å². The van der Waals surface area contributed by atoms with Crippen LogP contribution >= 0.6 is 27.5 Å². The number of hydrogen-bond acceptors (Lipinski definition) is 3. The van der Waals surface area contributed by atoms with E-state index in [0.29, 0.717) is 16.8 Å². The maximum atomic E-state index is 11.1. The van der Waals surface area contributed by atoms with Crippen molar-refractivity contribution in [1.29, 1.82) is 0 Å². The van der Waals surface area contributed by atoms with Gasteiger partial charge in [-0.25, -0.2) is 4.98 Å². The zero-order chi connectivity index (χ0) is 9.84. The fraction of sp³-hybridized carbons (Fsp3) is 0.429. The van der Waals surface area contributed by atoms with E-state index in [9.17, 15) is 4.79 Å². The molecule has 4 nitrogen and oxygen atoms in total. The van der Waals surface area contributed by atoms with E-state index >= 15 is 0 Å². The van der Waals surface area contributed by atoms with Crippen molar-refractivity contribution < 1.29 is 0 Å². The number of nitrogens with zero attached hydrogens (tertiary/aromatic N) is 1. The number of alkyl halides is 1. The first-order chi connectivity index (χ1) is 6.11. The predicted octanol–water partition coefficient (Wildman–Crippen LogP) is 1.57. The highest BCUT2D eigenvalue weighted by molar-refractivity contribution is 9.10. The highest BCUT2D eigenvalue weighted by Gasteiger charge is 2.04. The summed E-state index contributed by atoms with van der Waals surface area (Å²) in [5.74, 6) is 0.510. The third-order valence-electron chi connectivity index (χ3n) is 1.35. The van der Waals surface area contributed by atoms with Gasteiger partial charge >= 0.3 is 0 Å². The van der Waals surface area contributed by atoms with Gasteiger partial charge in [-0.1, -0.05) is 0 Å². The largest absolute Gasteiger partial charge is 0.367 e. The van der Waals surface area contributed by atoms with E-state index in [2.05, 4.69) is 31.2 Å². The van der Waals surface area contributed by atoms with Crippen LogP contribution in [0.4, 0.5) is 5.82 Å². The first-order valence-corrected chi connectivity index (χ1v) is 4.95. The predicted molar refractivity (Wildman–Crippen MR) is 56.4 cm³/mol. The minimum Gasteiger partial charge on any atom is -0.367 e. The van der Waals surface area contributed by atoms with Gasteiger partial charge in [-0.2, -0.15) is 0 Å². The first kappa shape index (κ1) is 10.5. The smallest absolute Gasteiger partial charge is 0.267 e. The summed E-state index contributed by atoms with van der Waals surface area (Å²) in [6.45, 7) is 2.42. The molecule has 1 unspecified atom stereocenters. The molecule has 6 heteroatoms. The topological polar surface area (TPSA) is 57.8 Å². The lowest BCUT2D eigenvalue weighted by molar-refractivity contribution is 0.965. The van der Waals surface area contributed by atoms with Gasteiger partial charge in [0.15, 0.2) is 0 Å². The van der Waals surface area contributed by atoms with Gasteiger partial charge in [0.1, 0.15) is 10.3 Å². The lowest BCUT2D eigenvalue weighted by Gasteiger charge is -2.06. The van der Waals surface area contributed by atoms with Gasteiger partial charge in [-0.3, -0.25) is 4.79 Å². The Morgan fingerprint density at radius 3 is 3.15 bits per heavy atom. The van der Waals surface area contributed by atoms with Crippen LogP contribution in [0, 0.1) is 0 Å². The SMILES string of the molecule is CC(Cl)CNc1nc[nH]c(=O)c1Br. The molecule has 1 heterocycles. The molecular weight excluding hydrogens is 257 g/mol. The van der Waals surface area contributed by atoms with Crippen molar-refractivity contribution in [1.82, 2.24) is 9.97 Å². The third kappa shape index (κ3) is 3.00. The molecule has 1 aromatic rings. The van der Waals surface area contributed by atoms with Crippen molar-refractivity contribution in [2.75, 3.05) is 11.9 Å². The Morgan fingerprint density at radius 2 is 2.54 bits per heavy atom. The molecule has 0 aromatic carbocycles. The van der Waals surface area contributed by atoms with Gasteiger partial charge in [-0.05, 0) is 22.9 Å². The number of rotatable bonds is 3. The van der Waals surface area contributed by atoms with Gasteiger partial charge < -0.3 is 10.3 Å². The fourth-order valence-electron chi connectivity index (χ4n) is 0.744. The lowest BCUT2D eigenvalue weighted by Crippen LogP contribution is -2.16. The molecule has 1 rings (SSSR count). The van der Waals surface area contributed by atoms with Gasteiger partial charge in [0.25, 0.3) is 5.56 Å². The maximum Gasteiger partial charge on any atom is 0.267 e. The van der Waals surface area contributed by atoms with Crippen LogP contribution < -0.4 is 10.9 Å². The van der Waals surface area contributed by atoms with Crippen LogP contribution in [0.3, 0.4) is 0 Å². The lowest BCUT2D eigenvalue weighted by atomic mass is 10.4. The molecule has 1 aromatic heterocycles. The molecule has 0 bridgehead atoms. The average Bonchev–Trinajstić information content (AvgIpc) is 2.07. The number of nitrogens with one attached hydrogen (secondary N) is 2. The molecule has 0 fully saturated rings. The number of halogens is 2. The number of aromatic amines is 1. The molecule has 0 spiro atoms. The van der Waals surface area contributed by atoms with Crippen LogP contribution in [-0.4, -0.2) is 21.9 Å². The summed E-state index contributed by atoms with van der Waals surface area (Å²) < 4.78 is 0.396. The molecule has 0 aliphatic heterocycles. The van der Waals surface area contributed by atoms with Crippen molar-refractivity contribution in [3.05, 3.63) is 21.2 Å². The summed E-state index contributed by atoms with van der Waals surface area (Å²) in [6.07, 6.45) is 1.34. The van der Waals surface area contributed by atoms with E-state index in [4.69, 9.17) is 11.6 Å². The zero-order valence-corrected chi connectivity index (χ0v) is 9.32. The molecular formula is C7H9BrClN3O. The maximum absolute atomic E-state index is 11.1. The molecule has 0 aliphatic carbocycles. The second kappa shape index (κ2) is 4.62. The summed E-state index contributed by atoms with van der Waals surface area (Å²) in [6, 6.07) is 0. The molecule has 0 amide bonds. The first-order valence-electron chi connectivity index (χ1n) is 3.72. The van der Waals surface area contributed by atoms with Crippen molar-refractivity contribution in [2.45, 2.75) is 12.3 Å². The number of anilines is 1. The van der Waals surface area contributed by atoms with Crippen LogP contribution in [0.25, 0.3) is 0 Å². The van der Waals surface area contributed by atoms with Crippen LogP contribution in [0.15, 0.2) is 15.6 Å². The van der Waals surface area contributed by atoms with Crippen LogP contribution in [0.2, 0.25) is 0 Å². The monoisotopic (exact) mass is 265 g/mol. The van der Waals surface area contributed by atoms with E-state index in [0.717, 1.165) is 0 Å². The Morgan fingerprint density at radius 1 is 1.85 bits per heavy atom. The van der Waals surface area contributed by atoms with Crippen molar-refractivity contribution in [3.63, 3.8) is 0 Å². The molecule has 0 radical (unpaired) electrons. The Hall–Kier alpha value is -0.550. The Labute approximate surface area is 88.8 Å². The third-order valence-corrected chi connectivity index (χ3v) is 2.24.